The van der Waals surface area contributed by atoms with E-state index in [9.17, 15) is 9.90 Å². The lowest BCUT2D eigenvalue weighted by molar-refractivity contribution is -0.212. The maximum Gasteiger partial charge on any atom is 0.257 e. The average molecular weight is 263 g/mol. The highest BCUT2D eigenvalue weighted by Crippen LogP contribution is 2.51. The molecular formula is C15H21NO3. The van der Waals surface area contributed by atoms with Crippen LogP contribution in [0.4, 0.5) is 0 Å². The number of carbonyl (C=O) groups excluding carboxylic acids is 1. The Hall–Kier alpha value is -1.55. The number of likely N-dealkylation sites (tertiary alicyclic amines) is 1. The summed E-state index contributed by atoms with van der Waals surface area (Å²) in [6, 6.07) is 7.15. The van der Waals surface area contributed by atoms with Crippen molar-refractivity contribution in [1.29, 1.82) is 0 Å². The van der Waals surface area contributed by atoms with Crippen LogP contribution in [-0.4, -0.2) is 35.7 Å². The summed E-state index contributed by atoms with van der Waals surface area (Å²) in [7, 11) is 3.32. The van der Waals surface area contributed by atoms with E-state index in [-0.39, 0.29) is 11.9 Å². The minimum Gasteiger partial charge on any atom is -0.497 e. The molecule has 1 fully saturated rings. The molecule has 0 spiro atoms. The van der Waals surface area contributed by atoms with Crippen molar-refractivity contribution in [1.82, 2.24) is 4.90 Å². The van der Waals surface area contributed by atoms with Crippen molar-refractivity contribution < 1.29 is 14.6 Å². The first-order valence-electron chi connectivity index (χ1n) is 6.37. The molecule has 1 aliphatic heterocycles. The quantitative estimate of drug-likeness (QED) is 0.830. The van der Waals surface area contributed by atoms with Crippen molar-refractivity contribution >= 4 is 5.91 Å². The van der Waals surface area contributed by atoms with Crippen LogP contribution in [0.1, 0.15) is 32.4 Å². The zero-order chi connectivity index (χ0) is 14.4. The highest BCUT2D eigenvalue weighted by molar-refractivity contribution is 5.93. The molecule has 19 heavy (non-hydrogen) atoms. The molecule has 2 rings (SSSR count). The summed E-state index contributed by atoms with van der Waals surface area (Å²) in [5.74, 6) is 0.495. The molecule has 2 unspecified atom stereocenters. The summed E-state index contributed by atoms with van der Waals surface area (Å²) >= 11 is 0. The molecule has 0 radical (unpaired) electrons. The molecular weight excluding hydrogens is 242 g/mol. The number of likely N-dealkylation sites (N-methyl/N-ethyl adjacent to an activating group) is 1. The number of benzene rings is 1. The van der Waals surface area contributed by atoms with Crippen LogP contribution in [-0.2, 0) is 4.79 Å². The van der Waals surface area contributed by atoms with E-state index in [2.05, 4.69) is 0 Å². The van der Waals surface area contributed by atoms with Gasteiger partial charge in [-0.1, -0.05) is 32.9 Å². The molecule has 1 N–H and O–H groups in total. The Labute approximate surface area is 114 Å². The summed E-state index contributed by atoms with van der Waals surface area (Å²) in [5.41, 5.74) is -1.00. The molecule has 104 valence electrons. The van der Waals surface area contributed by atoms with Gasteiger partial charge in [0.25, 0.3) is 5.91 Å². The Morgan fingerprint density at radius 2 is 2.00 bits per heavy atom. The number of rotatable bonds is 2. The molecule has 1 amide bonds. The Morgan fingerprint density at radius 1 is 1.37 bits per heavy atom. The van der Waals surface area contributed by atoms with Crippen LogP contribution < -0.4 is 4.74 Å². The normalized spacial score (nSPS) is 27.2. The number of hydrogen-bond acceptors (Lipinski definition) is 3. The predicted molar refractivity (Wildman–Crippen MR) is 72.9 cm³/mol. The van der Waals surface area contributed by atoms with Gasteiger partial charge in [0, 0.05) is 12.5 Å². The number of ether oxygens (including phenoxy) is 1. The van der Waals surface area contributed by atoms with Gasteiger partial charge in [-0.25, -0.2) is 0 Å². The Morgan fingerprint density at radius 3 is 2.53 bits per heavy atom. The number of aliphatic hydroxyl groups is 1. The van der Waals surface area contributed by atoms with E-state index in [0.717, 1.165) is 11.3 Å². The van der Waals surface area contributed by atoms with Crippen LogP contribution in [0.2, 0.25) is 0 Å². The molecule has 0 aliphatic carbocycles. The average Bonchev–Trinajstić information content (AvgIpc) is 2.37. The van der Waals surface area contributed by atoms with E-state index >= 15 is 0 Å². The third kappa shape index (κ3) is 1.82. The third-order valence-corrected chi connectivity index (χ3v) is 3.98. The number of carbonyl (C=O) groups is 1. The van der Waals surface area contributed by atoms with E-state index in [1.54, 1.807) is 19.1 Å². The number of methoxy groups -OCH3 is 1. The minimum absolute atomic E-state index is 0.229. The molecule has 1 heterocycles. The summed E-state index contributed by atoms with van der Waals surface area (Å²) < 4.78 is 5.20. The zero-order valence-electron chi connectivity index (χ0n) is 12.1. The van der Waals surface area contributed by atoms with Gasteiger partial charge < -0.3 is 14.7 Å². The second-order valence-electron chi connectivity index (χ2n) is 6.11. The number of β-lactam (4-membered cyclic amide) rings is 1. The van der Waals surface area contributed by atoms with E-state index in [0.29, 0.717) is 0 Å². The SMILES string of the molecule is COc1cccc(C2N(C)C(=O)C2(O)C(C)(C)C)c1. The van der Waals surface area contributed by atoms with Gasteiger partial charge in [-0.15, -0.1) is 0 Å². The Kier molecular flexibility index (Phi) is 3.09. The zero-order valence-corrected chi connectivity index (χ0v) is 12.1. The van der Waals surface area contributed by atoms with Gasteiger partial charge in [-0.05, 0) is 17.7 Å². The van der Waals surface area contributed by atoms with Gasteiger partial charge in [0.15, 0.2) is 5.60 Å². The smallest absolute Gasteiger partial charge is 0.257 e. The van der Waals surface area contributed by atoms with Crippen LogP contribution in [0.15, 0.2) is 24.3 Å². The monoisotopic (exact) mass is 263 g/mol. The lowest BCUT2D eigenvalue weighted by Crippen LogP contribution is -2.72. The summed E-state index contributed by atoms with van der Waals surface area (Å²) in [6.45, 7) is 5.64. The van der Waals surface area contributed by atoms with Crippen molar-refractivity contribution in [3.05, 3.63) is 29.8 Å². The van der Waals surface area contributed by atoms with Crippen LogP contribution in [0.5, 0.6) is 5.75 Å². The molecule has 0 bridgehead atoms. The highest BCUT2D eigenvalue weighted by atomic mass is 16.5. The number of nitrogens with zero attached hydrogens (tertiary/aromatic N) is 1. The van der Waals surface area contributed by atoms with Crippen molar-refractivity contribution in [2.75, 3.05) is 14.2 Å². The van der Waals surface area contributed by atoms with E-state index in [4.69, 9.17) is 4.74 Å². The lowest BCUT2D eigenvalue weighted by Gasteiger charge is -2.57. The van der Waals surface area contributed by atoms with Gasteiger partial charge in [0.1, 0.15) is 5.75 Å². The van der Waals surface area contributed by atoms with Crippen molar-refractivity contribution in [3.63, 3.8) is 0 Å². The fourth-order valence-corrected chi connectivity index (χ4v) is 2.72. The van der Waals surface area contributed by atoms with Gasteiger partial charge >= 0.3 is 0 Å². The topological polar surface area (TPSA) is 49.8 Å². The summed E-state index contributed by atoms with van der Waals surface area (Å²) in [5, 5.41) is 10.8. The maximum atomic E-state index is 12.1. The molecule has 2 atom stereocenters. The van der Waals surface area contributed by atoms with Gasteiger partial charge in [0.2, 0.25) is 0 Å². The van der Waals surface area contributed by atoms with Crippen LogP contribution in [0.25, 0.3) is 0 Å². The summed E-state index contributed by atoms with van der Waals surface area (Å²) in [4.78, 5) is 13.7. The fraction of sp³-hybridized carbons (Fsp3) is 0.533. The Bertz CT molecular complexity index is 506. The van der Waals surface area contributed by atoms with E-state index in [1.165, 1.54) is 0 Å². The second kappa shape index (κ2) is 4.23. The maximum absolute atomic E-state index is 12.1. The second-order valence-corrected chi connectivity index (χ2v) is 6.11. The van der Waals surface area contributed by atoms with E-state index < -0.39 is 11.0 Å². The first-order valence-corrected chi connectivity index (χ1v) is 6.37. The van der Waals surface area contributed by atoms with Crippen molar-refractivity contribution in [2.45, 2.75) is 32.4 Å². The molecule has 1 aromatic carbocycles. The highest BCUT2D eigenvalue weighted by Gasteiger charge is 2.64. The van der Waals surface area contributed by atoms with Crippen LogP contribution >= 0.6 is 0 Å². The first-order chi connectivity index (χ1) is 8.73. The molecule has 1 aromatic rings. The molecule has 0 aromatic heterocycles. The van der Waals surface area contributed by atoms with Crippen molar-refractivity contribution in [2.24, 2.45) is 5.41 Å². The minimum atomic E-state index is -1.37. The number of amides is 1. The molecule has 1 saturated heterocycles. The molecule has 0 saturated carbocycles. The first kappa shape index (κ1) is 13.9. The standard InChI is InChI=1S/C15H21NO3/c1-14(2,3)15(18)12(16(4)13(15)17)10-7-6-8-11(9-10)19-5/h6-9,12,18H,1-5H3. The molecule has 4 nitrogen and oxygen atoms in total. The lowest BCUT2D eigenvalue weighted by atomic mass is 9.63. The number of hydrogen-bond donors (Lipinski definition) is 1. The Balaban J connectivity index is 2.45. The third-order valence-electron chi connectivity index (χ3n) is 3.98. The van der Waals surface area contributed by atoms with Crippen LogP contribution in [0, 0.1) is 5.41 Å². The van der Waals surface area contributed by atoms with Crippen LogP contribution in [0.3, 0.4) is 0 Å². The van der Waals surface area contributed by atoms with Gasteiger partial charge in [-0.3, -0.25) is 4.79 Å². The molecule has 4 heteroatoms. The van der Waals surface area contributed by atoms with Gasteiger partial charge in [0.05, 0.1) is 13.2 Å². The van der Waals surface area contributed by atoms with Crippen molar-refractivity contribution in [3.8, 4) is 5.75 Å². The summed E-state index contributed by atoms with van der Waals surface area (Å²) in [6.07, 6.45) is 0. The fourth-order valence-electron chi connectivity index (χ4n) is 2.72. The molecule has 1 aliphatic rings. The van der Waals surface area contributed by atoms with Gasteiger partial charge in [-0.2, -0.15) is 0 Å². The largest absolute Gasteiger partial charge is 0.497 e. The van der Waals surface area contributed by atoms with E-state index in [1.807, 2.05) is 45.0 Å². The predicted octanol–water partition coefficient (Wildman–Crippen LogP) is 1.99.